The number of rotatable bonds is 3. The van der Waals surface area contributed by atoms with Gasteiger partial charge in [-0.1, -0.05) is 0 Å². The third-order valence-corrected chi connectivity index (χ3v) is 4.40. The summed E-state index contributed by atoms with van der Waals surface area (Å²) in [5, 5.41) is 8.59. The monoisotopic (exact) mass is 328 g/mol. The van der Waals surface area contributed by atoms with Crippen molar-refractivity contribution < 1.29 is 9.13 Å². The molecule has 7 heteroatoms. The lowest BCUT2D eigenvalue weighted by Crippen LogP contribution is -2.30. The number of hydrogen-bond donors (Lipinski definition) is 0. The van der Waals surface area contributed by atoms with Gasteiger partial charge in [0.1, 0.15) is 17.7 Å². The van der Waals surface area contributed by atoms with E-state index in [0.29, 0.717) is 23.7 Å². The highest BCUT2D eigenvalue weighted by Gasteiger charge is 2.17. The maximum Gasteiger partial charge on any atom is 0.292 e. The normalized spacial score (nSPS) is 15.9. The van der Waals surface area contributed by atoms with E-state index < -0.39 is 0 Å². The molecule has 0 radical (unpaired) electrons. The van der Waals surface area contributed by atoms with Gasteiger partial charge < -0.3 is 4.74 Å². The number of nitrogens with zero attached hydrogens (tertiary/aromatic N) is 4. The molecule has 0 unspecified atom stereocenters. The summed E-state index contributed by atoms with van der Waals surface area (Å²) in [6.07, 6.45) is 3.43. The smallest absolute Gasteiger partial charge is 0.292 e. The number of hydrogen-bond acceptors (Lipinski definition) is 4. The van der Waals surface area contributed by atoms with E-state index in [0.717, 1.165) is 31.6 Å². The molecule has 1 aliphatic heterocycles. The second-order valence-electron chi connectivity index (χ2n) is 6.04. The quantitative estimate of drug-likeness (QED) is 0.739. The molecule has 4 rings (SSSR count). The molecule has 1 aromatic carbocycles. The van der Waals surface area contributed by atoms with Crippen LogP contribution in [0, 0.1) is 11.7 Å². The minimum Gasteiger partial charge on any atom is -0.381 e. The Bertz CT molecular complexity index is 910. The highest BCUT2D eigenvalue weighted by molar-refractivity contribution is 5.65. The molecule has 124 valence electrons. The van der Waals surface area contributed by atoms with Crippen LogP contribution in [0.4, 0.5) is 4.39 Å². The van der Waals surface area contributed by atoms with Crippen LogP contribution in [-0.2, 0) is 11.3 Å². The van der Waals surface area contributed by atoms with Crippen molar-refractivity contribution >= 4 is 5.52 Å². The van der Waals surface area contributed by atoms with Gasteiger partial charge in [-0.25, -0.2) is 13.6 Å². The third kappa shape index (κ3) is 2.82. The highest BCUT2D eigenvalue weighted by Crippen LogP contribution is 2.19. The van der Waals surface area contributed by atoms with Crippen molar-refractivity contribution in [3.63, 3.8) is 0 Å². The van der Waals surface area contributed by atoms with Crippen LogP contribution in [0.15, 0.2) is 41.5 Å². The minimum absolute atomic E-state index is 0.162. The number of benzene rings is 1. The molecular weight excluding hydrogens is 311 g/mol. The Morgan fingerprint density at radius 3 is 2.71 bits per heavy atom. The molecule has 0 spiro atoms. The molecule has 24 heavy (non-hydrogen) atoms. The van der Waals surface area contributed by atoms with Crippen LogP contribution in [0.5, 0.6) is 0 Å². The Morgan fingerprint density at radius 2 is 1.96 bits per heavy atom. The van der Waals surface area contributed by atoms with Crippen LogP contribution in [0.1, 0.15) is 12.8 Å². The van der Waals surface area contributed by atoms with Crippen LogP contribution in [-0.4, -0.2) is 32.6 Å². The molecule has 3 aromatic rings. The molecule has 0 bridgehead atoms. The first-order chi connectivity index (χ1) is 11.7. The molecule has 1 saturated heterocycles. The van der Waals surface area contributed by atoms with E-state index in [1.54, 1.807) is 24.5 Å². The molecular formula is C17H17FN4O2. The molecule has 0 N–H and O–H groups in total. The summed E-state index contributed by atoms with van der Waals surface area (Å²) < 4.78 is 21.4. The maximum absolute atomic E-state index is 13.0. The maximum atomic E-state index is 13.0. The summed E-state index contributed by atoms with van der Waals surface area (Å²) in [6, 6.07) is 7.76. The predicted octanol–water partition coefficient (Wildman–Crippen LogP) is 2.12. The fourth-order valence-electron chi connectivity index (χ4n) is 3.00. The van der Waals surface area contributed by atoms with E-state index in [1.165, 1.54) is 21.3 Å². The summed E-state index contributed by atoms with van der Waals surface area (Å²) in [5.41, 5.74) is 1.69. The van der Waals surface area contributed by atoms with E-state index in [-0.39, 0.29) is 11.4 Å². The lowest BCUT2D eigenvalue weighted by atomic mass is 10.0. The number of aromatic nitrogens is 4. The van der Waals surface area contributed by atoms with Gasteiger partial charge in [-0.2, -0.15) is 10.2 Å². The first kappa shape index (κ1) is 15.0. The summed E-state index contributed by atoms with van der Waals surface area (Å²) in [5.74, 6) is 0.105. The van der Waals surface area contributed by atoms with Gasteiger partial charge in [-0.15, -0.1) is 0 Å². The van der Waals surface area contributed by atoms with Crippen molar-refractivity contribution in [1.82, 2.24) is 19.4 Å². The van der Waals surface area contributed by atoms with Crippen molar-refractivity contribution in [2.45, 2.75) is 19.4 Å². The summed E-state index contributed by atoms with van der Waals surface area (Å²) in [4.78, 5) is 12.6. The number of halogens is 1. The molecule has 2 aromatic heterocycles. The van der Waals surface area contributed by atoms with E-state index in [1.807, 2.05) is 0 Å². The fraction of sp³-hybridized carbons (Fsp3) is 0.353. The van der Waals surface area contributed by atoms with Crippen LogP contribution < -0.4 is 5.56 Å². The van der Waals surface area contributed by atoms with Crippen molar-refractivity contribution in [3.05, 3.63) is 52.8 Å². The average molecular weight is 328 g/mol. The first-order valence-corrected chi connectivity index (χ1v) is 8.00. The lowest BCUT2D eigenvalue weighted by Gasteiger charge is -2.21. The standard InChI is InChI=1S/C17H17FN4O2/c18-14-3-1-13(2-4-14)15-9-16-17(23)21(19-11-22(16)20-15)10-12-5-7-24-8-6-12/h1-4,9,11-12H,5-8,10H2. The van der Waals surface area contributed by atoms with E-state index in [2.05, 4.69) is 10.2 Å². The first-order valence-electron chi connectivity index (χ1n) is 8.00. The van der Waals surface area contributed by atoms with Gasteiger partial charge in [0.15, 0.2) is 0 Å². The van der Waals surface area contributed by atoms with Gasteiger partial charge in [0, 0.05) is 25.3 Å². The number of fused-ring (bicyclic) bond motifs is 1. The SMILES string of the molecule is O=c1c2cc(-c3ccc(F)cc3)nn2cnn1CC1CCOCC1. The lowest BCUT2D eigenvalue weighted by molar-refractivity contribution is 0.0596. The fourth-order valence-corrected chi connectivity index (χ4v) is 3.00. The van der Waals surface area contributed by atoms with Gasteiger partial charge in [-0.3, -0.25) is 4.79 Å². The third-order valence-electron chi connectivity index (χ3n) is 4.40. The molecule has 0 saturated carbocycles. The topological polar surface area (TPSA) is 61.4 Å². The Hall–Kier alpha value is -2.54. The van der Waals surface area contributed by atoms with Crippen molar-refractivity contribution in [2.24, 2.45) is 5.92 Å². The molecule has 0 atom stereocenters. The second-order valence-corrected chi connectivity index (χ2v) is 6.04. The van der Waals surface area contributed by atoms with Crippen molar-refractivity contribution in [2.75, 3.05) is 13.2 Å². The van der Waals surface area contributed by atoms with Gasteiger partial charge >= 0.3 is 0 Å². The summed E-state index contributed by atoms with van der Waals surface area (Å²) >= 11 is 0. The highest BCUT2D eigenvalue weighted by atomic mass is 19.1. The van der Waals surface area contributed by atoms with Gasteiger partial charge in [-0.05, 0) is 49.1 Å². The largest absolute Gasteiger partial charge is 0.381 e. The zero-order chi connectivity index (χ0) is 16.5. The molecule has 6 nitrogen and oxygen atoms in total. The second kappa shape index (κ2) is 6.16. The molecule has 0 amide bonds. The van der Waals surface area contributed by atoms with E-state index in [4.69, 9.17) is 4.74 Å². The molecule has 1 aliphatic rings. The Balaban J connectivity index is 1.68. The summed E-state index contributed by atoms with van der Waals surface area (Å²) in [7, 11) is 0. The Morgan fingerprint density at radius 1 is 1.21 bits per heavy atom. The molecule has 1 fully saturated rings. The average Bonchev–Trinajstić information content (AvgIpc) is 3.04. The van der Waals surface area contributed by atoms with Crippen LogP contribution >= 0.6 is 0 Å². The number of ether oxygens (including phenoxy) is 1. The van der Waals surface area contributed by atoms with Gasteiger partial charge in [0.05, 0.1) is 5.69 Å². The Kier molecular flexibility index (Phi) is 3.86. The van der Waals surface area contributed by atoms with Crippen LogP contribution in [0.3, 0.4) is 0 Å². The Labute approximate surface area is 137 Å². The van der Waals surface area contributed by atoms with Crippen LogP contribution in [0.25, 0.3) is 16.8 Å². The van der Waals surface area contributed by atoms with Crippen LogP contribution in [0.2, 0.25) is 0 Å². The minimum atomic E-state index is -0.303. The zero-order valence-electron chi connectivity index (χ0n) is 13.1. The molecule has 3 heterocycles. The molecule has 0 aliphatic carbocycles. The van der Waals surface area contributed by atoms with Gasteiger partial charge in [0.25, 0.3) is 5.56 Å². The van der Waals surface area contributed by atoms with Crippen molar-refractivity contribution in [1.29, 1.82) is 0 Å². The van der Waals surface area contributed by atoms with Crippen molar-refractivity contribution in [3.8, 4) is 11.3 Å². The van der Waals surface area contributed by atoms with Gasteiger partial charge in [0.2, 0.25) is 0 Å². The zero-order valence-corrected chi connectivity index (χ0v) is 13.1. The summed E-state index contributed by atoms with van der Waals surface area (Å²) in [6.45, 7) is 2.07. The van der Waals surface area contributed by atoms with E-state index >= 15 is 0 Å². The van der Waals surface area contributed by atoms with E-state index in [9.17, 15) is 9.18 Å². The predicted molar refractivity (Wildman–Crippen MR) is 86.2 cm³/mol.